The van der Waals surface area contributed by atoms with Crippen molar-refractivity contribution in [2.45, 2.75) is 12.8 Å². The average Bonchev–Trinajstić information content (AvgIpc) is 3.11. The highest BCUT2D eigenvalue weighted by Gasteiger charge is 2.31. The summed E-state index contributed by atoms with van der Waals surface area (Å²) in [6, 6.07) is -0.600. The molecule has 0 bridgehead atoms. The maximum atomic E-state index is 11.7. The smallest absolute Gasteiger partial charge is 0.314 e. The Hall–Kier alpha value is -3.08. The summed E-state index contributed by atoms with van der Waals surface area (Å²) in [7, 11) is 0. The minimum atomic E-state index is -0.757. The van der Waals surface area contributed by atoms with Gasteiger partial charge in [0.2, 0.25) is 0 Å². The van der Waals surface area contributed by atoms with Crippen LogP contribution in [0.15, 0.2) is 12.2 Å². The largest absolute Gasteiger partial charge is 0.337 e. The summed E-state index contributed by atoms with van der Waals surface area (Å²) in [4.78, 5) is 74.1. The summed E-state index contributed by atoms with van der Waals surface area (Å²) in [6.07, 6.45) is 2.98. The zero-order chi connectivity index (χ0) is 19.1. The molecule has 26 heavy (non-hydrogen) atoms. The lowest BCUT2D eigenvalue weighted by atomic mass is 10.2. The predicted molar refractivity (Wildman–Crippen MR) is 83.9 cm³/mol. The fraction of sp³-hybridized carbons (Fsp3) is 0.467. The summed E-state index contributed by atoms with van der Waals surface area (Å²) in [5, 5.41) is 5.50. The Kier molecular flexibility index (Phi) is 6.55. The van der Waals surface area contributed by atoms with E-state index in [0.29, 0.717) is 11.3 Å². The summed E-state index contributed by atoms with van der Waals surface area (Å²) in [6.45, 7) is -0.236. The minimum Gasteiger partial charge on any atom is -0.337 e. The summed E-state index contributed by atoms with van der Waals surface area (Å²) in [5.41, 5.74) is 0. The van der Waals surface area contributed by atoms with Gasteiger partial charge in [-0.25, -0.2) is 4.79 Å². The van der Waals surface area contributed by atoms with Gasteiger partial charge in [-0.15, -0.1) is 0 Å². The molecular formula is C15H18N4O7. The molecule has 0 aromatic heterocycles. The number of urea groups is 1. The Balaban J connectivity index is 1.64. The summed E-state index contributed by atoms with van der Waals surface area (Å²) < 4.78 is 0. The van der Waals surface area contributed by atoms with Crippen molar-refractivity contribution in [3.63, 3.8) is 0 Å². The highest BCUT2D eigenvalue weighted by Crippen LogP contribution is 2.12. The van der Waals surface area contributed by atoms with Crippen LogP contribution in [0.2, 0.25) is 0 Å². The zero-order valence-electron chi connectivity index (χ0n) is 13.8. The maximum absolute atomic E-state index is 11.7. The predicted octanol–water partition coefficient (Wildman–Crippen LogP) is -1.89. The third-order valence-electron chi connectivity index (χ3n) is 3.66. The number of carbonyl (C=O) groups excluding carboxylic acids is 6. The van der Waals surface area contributed by atoms with Crippen molar-refractivity contribution in [1.82, 2.24) is 20.6 Å². The van der Waals surface area contributed by atoms with Crippen LogP contribution < -0.4 is 10.6 Å². The van der Waals surface area contributed by atoms with E-state index in [0.717, 1.165) is 17.1 Å². The number of amides is 6. The van der Waals surface area contributed by atoms with Crippen LogP contribution in [0.5, 0.6) is 0 Å². The minimum absolute atomic E-state index is 0.0253. The number of aldehydes is 1. The fourth-order valence-electron chi connectivity index (χ4n) is 2.24. The van der Waals surface area contributed by atoms with Gasteiger partial charge in [0.1, 0.15) is 6.29 Å². The highest BCUT2D eigenvalue weighted by molar-refractivity contribution is 6.12. The lowest BCUT2D eigenvalue weighted by Gasteiger charge is -2.17. The quantitative estimate of drug-likeness (QED) is 0.359. The van der Waals surface area contributed by atoms with E-state index in [4.69, 9.17) is 4.84 Å². The topological polar surface area (TPSA) is 142 Å². The molecule has 1 saturated heterocycles. The van der Waals surface area contributed by atoms with Gasteiger partial charge in [-0.1, -0.05) is 0 Å². The van der Waals surface area contributed by atoms with Crippen LogP contribution >= 0.6 is 0 Å². The number of rotatable bonds is 9. The third kappa shape index (κ3) is 4.96. The molecule has 1 fully saturated rings. The number of hydrogen-bond donors (Lipinski definition) is 2. The first-order valence-corrected chi connectivity index (χ1v) is 7.91. The molecule has 0 spiro atoms. The van der Waals surface area contributed by atoms with E-state index in [1.807, 2.05) is 0 Å². The van der Waals surface area contributed by atoms with Gasteiger partial charge in [0, 0.05) is 44.6 Å². The van der Waals surface area contributed by atoms with Crippen LogP contribution in [0.25, 0.3) is 0 Å². The molecule has 1 atom stereocenters. The number of nitrogens with zero attached hydrogens (tertiary/aromatic N) is 2. The Labute approximate surface area is 148 Å². The molecule has 140 valence electrons. The average molecular weight is 366 g/mol. The molecule has 11 heteroatoms. The first-order valence-electron chi connectivity index (χ1n) is 7.91. The summed E-state index contributed by atoms with van der Waals surface area (Å²) >= 11 is 0. The first-order chi connectivity index (χ1) is 12.4. The van der Waals surface area contributed by atoms with E-state index in [-0.39, 0.29) is 39.1 Å². The zero-order valence-corrected chi connectivity index (χ0v) is 13.8. The van der Waals surface area contributed by atoms with Crippen molar-refractivity contribution >= 4 is 35.9 Å². The lowest BCUT2D eigenvalue weighted by Crippen LogP contribution is -2.44. The SMILES string of the molecule is O=CC(CNC(=O)NCCN1C(=O)C=CC1=O)CON1C(=O)CCC1=O. The number of carbonyl (C=O) groups is 6. The van der Waals surface area contributed by atoms with E-state index in [1.54, 1.807) is 0 Å². The molecule has 0 radical (unpaired) electrons. The second kappa shape index (κ2) is 8.85. The molecule has 0 saturated carbocycles. The van der Waals surface area contributed by atoms with Crippen LogP contribution in [0.1, 0.15) is 12.8 Å². The van der Waals surface area contributed by atoms with Gasteiger partial charge in [0.15, 0.2) is 0 Å². The molecule has 2 heterocycles. The molecule has 0 aromatic carbocycles. The monoisotopic (exact) mass is 366 g/mol. The second-order valence-corrected chi connectivity index (χ2v) is 5.57. The van der Waals surface area contributed by atoms with Crippen molar-refractivity contribution in [2.75, 3.05) is 26.2 Å². The van der Waals surface area contributed by atoms with Crippen molar-refractivity contribution < 1.29 is 33.6 Å². The molecule has 1 unspecified atom stereocenters. The van der Waals surface area contributed by atoms with Crippen LogP contribution in [-0.2, 0) is 28.8 Å². The Morgan fingerprint density at radius 2 is 1.73 bits per heavy atom. The van der Waals surface area contributed by atoms with Crippen LogP contribution in [0.4, 0.5) is 4.79 Å². The van der Waals surface area contributed by atoms with Crippen molar-refractivity contribution in [3.05, 3.63) is 12.2 Å². The molecule has 0 aliphatic carbocycles. The van der Waals surface area contributed by atoms with E-state index in [2.05, 4.69) is 10.6 Å². The lowest BCUT2D eigenvalue weighted by molar-refractivity contribution is -0.190. The van der Waals surface area contributed by atoms with E-state index < -0.39 is 35.6 Å². The third-order valence-corrected chi connectivity index (χ3v) is 3.66. The second-order valence-electron chi connectivity index (χ2n) is 5.57. The Morgan fingerprint density at radius 1 is 1.12 bits per heavy atom. The van der Waals surface area contributed by atoms with Gasteiger partial charge in [0.25, 0.3) is 23.6 Å². The Bertz CT molecular complexity index is 626. The van der Waals surface area contributed by atoms with Crippen molar-refractivity contribution in [2.24, 2.45) is 5.92 Å². The van der Waals surface area contributed by atoms with E-state index >= 15 is 0 Å². The van der Waals surface area contributed by atoms with Gasteiger partial charge >= 0.3 is 6.03 Å². The van der Waals surface area contributed by atoms with Gasteiger partial charge in [0.05, 0.1) is 12.5 Å². The number of hydroxylamine groups is 2. The Morgan fingerprint density at radius 3 is 2.31 bits per heavy atom. The van der Waals surface area contributed by atoms with Crippen molar-refractivity contribution in [1.29, 1.82) is 0 Å². The fourth-order valence-corrected chi connectivity index (χ4v) is 2.24. The van der Waals surface area contributed by atoms with E-state index in [1.165, 1.54) is 0 Å². The number of imide groups is 2. The molecule has 2 aliphatic rings. The molecule has 6 amide bonds. The molecule has 11 nitrogen and oxygen atoms in total. The summed E-state index contributed by atoms with van der Waals surface area (Å²) in [5.74, 6) is -2.58. The highest BCUT2D eigenvalue weighted by atomic mass is 16.7. The molecule has 2 aliphatic heterocycles. The van der Waals surface area contributed by atoms with Gasteiger partial charge < -0.3 is 15.4 Å². The number of hydrogen-bond acceptors (Lipinski definition) is 7. The standard InChI is InChI=1S/C15H18N4O7/c20-8-10(9-26-19-13(23)3-4-14(19)24)7-17-15(25)16-5-6-18-11(21)1-2-12(18)22/h1-2,8,10H,3-7,9H2,(H2,16,17,25). The first kappa shape index (κ1) is 19.2. The van der Waals surface area contributed by atoms with Crippen LogP contribution in [0, 0.1) is 5.92 Å². The van der Waals surface area contributed by atoms with E-state index in [9.17, 15) is 28.8 Å². The van der Waals surface area contributed by atoms with Gasteiger partial charge in [-0.2, -0.15) is 5.06 Å². The van der Waals surface area contributed by atoms with Crippen molar-refractivity contribution in [3.8, 4) is 0 Å². The maximum Gasteiger partial charge on any atom is 0.314 e. The van der Waals surface area contributed by atoms with Gasteiger partial charge in [-0.3, -0.25) is 28.9 Å². The number of nitrogens with one attached hydrogen (secondary N) is 2. The van der Waals surface area contributed by atoms with Crippen LogP contribution in [0.3, 0.4) is 0 Å². The molecule has 2 N–H and O–H groups in total. The molecular weight excluding hydrogens is 348 g/mol. The van der Waals surface area contributed by atoms with Crippen LogP contribution in [-0.4, -0.2) is 72.2 Å². The molecule has 0 aromatic rings. The van der Waals surface area contributed by atoms with Gasteiger partial charge in [-0.05, 0) is 0 Å². The molecule has 2 rings (SSSR count). The normalized spacial score (nSPS) is 17.8.